The molecule has 0 bridgehead atoms. The van der Waals surface area contributed by atoms with E-state index in [1.807, 2.05) is 49.6 Å². The van der Waals surface area contributed by atoms with E-state index in [1.165, 1.54) is 4.88 Å². The molecular formula is C14H18ClN3S. The zero-order valence-electron chi connectivity index (χ0n) is 11.6. The third-order valence-corrected chi connectivity index (χ3v) is 4.40. The van der Waals surface area contributed by atoms with Gasteiger partial charge in [0.1, 0.15) is 0 Å². The molecule has 0 spiro atoms. The normalized spacial score (nSPS) is 12.3. The average molecular weight is 296 g/mol. The zero-order chi connectivity index (χ0) is 14.0. The van der Waals surface area contributed by atoms with Gasteiger partial charge >= 0.3 is 0 Å². The summed E-state index contributed by atoms with van der Waals surface area (Å²) in [5.74, 6) is 0. The molecule has 1 aromatic carbocycles. The van der Waals surface area contributed by atoms with Gasteiger partial charge in [-0.2, -0.15) is 0 Å². The third kappa shape index (κ3) is 3.01. The number of rotatable bonds is 4. The van der Waals surface area contributed by atoms with Crippen molar-refractivity contribution in [2.24, 2.45) is 0 Å². The van der Waals surface area contributed by atoms with Gasteiger partial charge in [-0.15, -0.1) is 11.3 Å². The first-order valence-electron chi connectivity index (χ1n) is 6.13. The maximum absolute atomic E-state index is 6.27. The summed E-state index contributed by atoms with van der Waals surface area (Å²) in [5, 5.41) is 4.27. The summed E-state index contributed by atoms with van der Waals surface area (Å²) in [6.45, 7) is 4.18. The van der Waals surface area contributed by atoms with Crippen LogP contribution in [0.4, 0.5) is 11.4 Å². The zero-order valence-corrected chi connectivity index (χ0v) is 13.1. The number of hydrogen-bond acceptors (Lipinski definition) is 4. The minimum Gasteiger partial charge on any atom is -0.376 e. The van der Waals surface area contributed by atoms with Crippen LogP contribution in [-0.4, -0.2) is 19.1 Å². The first kappa shape index (κ1) is 14.2. The standard InChI is InChI=1S/C14H18ClN3S/c1-9-14(19-8-16-9)10(2)17-12-7-5-6-11(15)13(12)18(3)4/h5-8,10,17H,1-4H3. The third-order valence-electron chi connectivity index (χ3n) is 2.98. The van der Waals surface area contributed by atoms with Crippen LogP contribution >= 0.6 is 22.9 Å². The van der Waals surface area contributed by atoms with Gasteiger partial charge in [0.05, 0.1) is 33.6 Å². The molecule has 0 radical (unpaired) electrons. The molecule has 1 unspecified atom stereocenters. The Kier molecular flexibility index (Phi) is 4.32. The van der Waals surface area contributed by atoms with Gasteiger partial charge in [0, 0.05) is 19.0 Å². The van der Waals surface area contributed by atoms with Crippen LogP contribution in [-0.2, 0) is 0 Å². The van der Waals surface area contributed by atoms with E-state index in [9.17, 15) is 0 Å². The van der Waals surface area contributed by atoms with Crippen LogP contribution in [0.5, 0.6) is 0 Å². The molecule has 19 heavy (non-hydrogen) atoms. The highest BCUT2D eigenvalue weighted by Crippen LogP contribution is 2.35. The average Bonchev–Trinajstić information content (AvgIpc) is 2.75. The number of benzene rings is 1. The molecule has 1 atom stereocenters. The Morgan fingerprint density at radius 1 is 1.37 bits per heavy atom. The number of aromatic nitrogens is 1. The Morgan fingerprint density at radius 2 is 2.11 bits per heavy atom. The van der Waals surface area contributed by atoms with Gasteiger partial charge in [0.25, 0.3) is 0 Å². The minimum atomic E-state index is 0.213. The highest BCUT2D eigenvalue weighted by atomic mass is 35.5. The Bertz CT molecular complexity index is 566. The van der Waals surface area contributed by atoms with Crippen molar-refractivity contribution < 1.29 is 0 Å². The molecule has 1 N–H and O–H groups in total. The van der Waals surface area contributed by atoms with E-state index in [2.05, 4.69) is 17.2 Å². The van der Waals surface area contributed by atoms with E-state index in [1.54, 1.807) is 11.3 Å². The van der Waals surface area contributed by atoms with E-state index < -0.39 is 0 Å². The van der Waals surface area contributed by atoms with Gasteiger partial charge in [0.2, 0.25) is 0 Å². The summed E-state index contributed by atoms with van der Waals surface area (Å²) >= 11 is 7.95. The molecule has 0 aliphatic rings. The molecule has 2 aromatic rings. The second-order valence-corrected chi connectivity index (χ2v) is 5.99. The van der Waals surface area contributed by atoms with Crippen molar-refractivity contribution in [1.29, 1.82) is 0 Å². The molecule has 3 nitrogen and oxygen atoms in total. The molecular weight excluding hydrogens is 278 g/mol. The molecule has 1 aromatic heterocycles. The quantitative estimate of drug-likeness (QED) is 0.909. The maximum Gasteiger partial charge on any atom is 0.0798 e. The Morgan fingerprint density at radius 3 is 2.68 bits per heavy atom. The van der Waals surface area contributed by atoms with Gasteiger partial charge < -0.3 is 10.2 Å². The second kappa shape index (κ2) is 5.80. The van der Waals surface area contributed by atoms with Gasteiger partial charge in [-0.05, 0) is 26.0 Å². The fourth-order valence-electron chi connectivity index (χ4n) is 2.11. The number of thiazole rings is 1. The smallest absolute Gasteiger partial charge is 0.0798 e. The SMILES string of the molecule is Cc1ncsc1C(C)Nc1cccc(Cl)c1N(C)C. The van der Waals surface area contributed by atoms with Gasteiger partial charge in [-0.25, -0.2) is 4.98 Å². The van der Waals surface area contributed by atoms with Crippen molar-refractivity contribution in [2.45, 2.75) is 19.9 Å². The van der Waals surface area contributed by atoms with Crippen LogP contribution in [0.15, 0.2) is 23.7 Å². The summed E-state index contributed by atoms with van der Waals surface area (Å²) in [6, 6.07) is 6.13. The summed E-state index contributed by atoms with van der Waals surface area (Å²) in [4.78, 5) is 7.58. The number of hydrogen-bond donors (Lipinski definition) is 1. The van der Waals surface area contributed by atoms with E-state index in [-0.39, 0.29) is 6.04 Å². The van der Waals surface area contributed by atoms with Crippen LogP contribution in [0.2, 0.25) is 5.02 Å². The maximum atomic E-state index is 6.27. The molecule has 0 saturated carbocycles. The lowest BCUT2D eigenvalue weighted by Crippen LogP contribution is -2.14. The van der Waals surface area contributed by atoms with Crippen LogP contribution in [0.25, 0.3) is 0 Å². The predicted octanol–water partition coefficient (Wildman–Crippen LogP) is 4.34. The summed E-state index contributed by atoms with van der Waals surface area (Å²) in [7, 11) is 3.99. The summed E-state index contributed by atoms with van der Waals surface area (Å²) in [6.07, 6.45) is 0. The topological polar surface area (TPSA) is 28.2 Å². The lowest BCUT2D eigenvalue weighted by atomic mass is 10.2. The number of halogens is 1. The Hall–Kier alpha value is -1.26. The number of para-hydroxylation sites is 1. The Balaban J connectivity index is 2.29. The van der Waals surface area contributed by atoms with Crippen LogP contribution in [0.1, 0.15) is 23.5 Å². The first-order chi connectivity index (χ1) is 9.00. The fourth-order valence-corrected chi connectivity index (χ4v) is 3.27. The second-order valence-electron chi connectivity index (χ2n) is 4.70. The van der Waals surface area contributed by atoms with Crippen molar-refractivity contribution in [3.05, 3.63) is 39.3 Å². The van der Waals surface area contributed by atoms with E-state index >= 15 is 0 Å². The van der Waals surface area contributed by atoms with E-state index in [0.717, 1.165) is 22.1 Å². The van der Waals surface area contributed by atoms with Crippen molar-refractivity contribution in [3.8, 4) is 0 Å². The number of nitrogens with one attached hydrogen (secondary N) is 1. The number of anilines is 2. The molecule has 0 fully saturated rings. The van der Waals surface area contributed by atoms with Crippen molar-refractivity contribution >= 4 is 34.3 Å². The molecule has 0 aliphatic carbocycles. The minimum absolute atomic E-state index is 0.213. The van der Waals surface area contributed by atoms with E-state index in [4.69, 9.17) is 11.6 Å². The molecule has 0 saturated heterocycles. The molecule has 5 heteroatoms. The van der Waals surface area contributed by atoms with Crippen LogP contribution < -0.4 is 10.2 Å². The monoisotopic (exact) mass is 295 g/mol. The summed E-state index contributed by atoms with van der Waals surface area (Å²) in [5.41, 5.74) is 5.02. The molecule has 2 rings (SSSR count). The van der Waals surface area contributed by atoms with Crippen molar-refractivity contribution in [3.63, 3.8) is 0 Å². The van der Waals surface area contributed by atoms with Gasteiger partial charge in [-0.1, -0.05) is 17.7 Å². The van der Waals surface area contributed by atoms with Crippen LogP contribution in [0, 0.1) is 6.92 Å². The molecule has 0 aliphatic heterocycles. The lowest BCUT2D eigenvalue weighted by Gasteiger charge is -2.22. The lowest BCUT2D eigenvalue weighted by molar-refractivity contribution is 0.888. The Labute approximate surface area is 123 Å². The predicted molar refractivity (Wildman–Crippen MR) is 84.7 cm³/mol. The molecule has 1 heterocycles. The van der Waals surface area contributed by atoms with Gasteiger partial charge in [-0.3, -0.25) is 0 Å². The number of nitrogens with zero attached hydrogens (tertiary/aromatic N) is 2. The van der Waals surface area contributed by atoms with Gasteiger partial charge in [0.15, 0.2) is 0 Å². The fraction of sp³-hybridized carbons (Fsp3) is 0.357. The van der Waals surface area contributed by atoms with Crippen molar-refractivity contribution in [2.75, 3.05) is 24.3 Å². The first-order valence-corrected chi connectivity index (χ1v) is 7.38. The molecule has 0 amide bonds. The highest BCUT2D eigenvalue weighted by molar-refractivity contribution is 7.09. The molecule has 102 valence electrons. The summed E-state index contributed by atoms with van der Waals surface area (Å²) < 4.78 is 0. The highest BCUT2D eigenvalue weighted by Gasteiger charge is 2.15. The number of aryl methyl sites for hydroxylation is 1. The van der Waals surface area contributed by atoms with Crippen molar-refractivity contribution in [1.82, 2.24) is 4.98 Å². The van der Waals surface area contributed by atoms with Crippen LogP contribution in [0.3, 0.4) is 0 Å². The largest absolute Gasteiger partial charge is 0.376 e. The van der Waals surface area contributed by atoms with E-state index in [0.29, 0.717) is 0 Å².